The minimum Gasteiger partial charge on any atom is -0.507 e. The highest BCUT2D eigenvalue weighted by Gasteiger charge is 2.18. The molecule has 86 valence electrons. The maximum absolute atomic E-state index is 11.7. The second-order valence-electron chi connectivity index (χ2n) is 4.17. The van der Waals surface area contributed by atoms with E-state index in [2.05, 4.69) is 21.2 Å². The Labute approximate surface area is 103 Å². The van der Waals surface area contributed by atoms with Gasteiger partial charge >= 0.3 is 0 Å². The molecule has 0 atom stereocenters. The van der Waals surface area contributed by atoms with E-state index in [1.165, 1.54) is 25.3 Å². The Balaban J connectivity index is 1.94. The number of nitrogens with one attached hydrogen (secondary N) is 1. The Morgan fingerprint density at radius 1 is 1.50 bits per heavy atom. The van der Waals surface area contributed by atoms with Crippen molar-refractivity contribution in [1.82, 2.24) is 5.32 Å². The molecule has 0 aromatic heterocycles. The average Bonchev–Trinajstić information content (AvgIpc) is 2.19. The van der Waals surface area contributed by atoms with Crippen molar-refractivity contribution in [3.05, 3.63) is 28.2 Å². The van der Waals surface area contributed by atoms with Gasteiger partial charge in [-0.1, -0.05) is 6.42 Å². The summed E-state index contributed by atoms with van der Waals surface area (Å²) in [6, 6.07) is 4.84. The summed E-state index contributed by atoms with van der Waals surface area (Å²) in [5.41, 5.74) is 0.500. The fourth-order valence-electron chi connectivity index (χ4n) is 1.69. The summed E-state index contributed by atoms with van der Waals surface area (Å²) in [4.78, 5) is 11.7. The smallest absolute Gasteiger partial charge is 0.251 e. The van der Waals surface area contributed by atoms with Crippen LogP contribution in [0, 0.1) is 5.92 Å². The lowest BCUT2D eigenvalue weighted by Gasteiger charge is -2.25. The molecule has 1 saturated carbocycles. The molecular formula is C12H14BrNO2. The first-order valence-electron chi connectivity index (χ1n) is 5.43. The Morgan fingerprint density at radius 2 is 2.25 bits per heavy atom. The van der Waals surface area contributed by atoms with Gasteiger partial charge in [-0.3, -0.25) is 4.79 Å². The topological polar surface area (TPSA) is 49.3 Å². The predicted molar refractivity (Wildman–Crippen MR) is 65.5 cm³/mol. The third kappa shape index (κ3) is 2.55. The molecule has 1 aliphatic carbocycles. The van der Waals surface area contributed by atoms with Crippen molar-refractivity contribution in [3.8, 4) is 5.75 Å². The number of amides is 1. The van der Waals surface area contributed by atoms with Crippen LogP contribution in [-0.2, 0) is 0 Å². The lowest BCUT2D eigenvalue weighted by Crippen LogP contribution is -2.32. The molecule has 16 heavy (non-hydrogen) atoms. The highest BCUT2D eigenvalue weighted by molar-refractivity contribution is 9.10. The summed E-state index contributed by atoms with van der Waals surface area (Å²) >= 11 is 3.18. The standard InChI is InChI=1S/C12H14BrNO2/c13-10-5-4-9(6-11(10)15)12(16)14-7-8-2-1-3-8/h4-6,8,15H,1-3,7H2,(H,14,16). The van der Waals surface area contributed by atoms with E-state index in [0.29, 0.717) is 16.0 Å². The lowest BCUT2D eigenvalue weighted by atomic mass is 9.85. The molecule has 1 amide bonds. The van der Waals surface area contributed by atoms with E-state index in [1.807, 2.05) is 0 Å². The number of rotatable bonds is 3. The molecule has 1 fully saturated rings. The maximum atomic E-state index is 11.7. The molecule has 0 unspecified atom stereocenters. The first-order valence-corrected chi connectivity index (χ1v) is 6.23. The Morgan fingerprint density at radius 3 is 2.81 bits per heavy atom. The highest BCUT2D eigenvalue weighted by atomic mass is 79.9. The molecule has 0 bridgehead atoms. The van der Waals surface area contributed by atoms with E-state index in [9.17, 15) is 9.90 Å². The zero-order valence-electron chi connectivity index (χ0n) is 8.87. The summed E-state index contributed by atoms with van der Waals surface area (Å²) in [6.07, 6.45) is 3.71. The molecule has 0 spiro atoms. The second-order valence-corrected chi connectivity index (χ2v) is 5.03. The third-order valence-electron chi connectivity index (χ3n) is 2.98. The van der Waals surface area contributed by atoms with Gasteiger partial charge in [-0.15, -0.1) is 0 Å². The summed E-state index contributed by atoms with van der Waals surface area (Å²) in [7, 11) is 0. The van der Waals surface area contributed by atoms with Crippen molar-refractivity contribution in [2.75, 3.05) is 6.54 Å². The first kappa shape index (κ1) is 11.5. The van der Waals surface area contributed by atoms with E-state index in [0.717, 1.165) is 6.54 Å². The number of aromatic hydroxyl groups is 1. The highest BCUT2D eigenvalue weighted by Crippen LogP contribution is 2.26. The molecule has 2 rings (SSSR count). The number of hydrogen-bond donors (Lipinski definition) is 2. The molecule has 0 radical (unpaired) electrons. The van der Waals surface area contributed by atoms with Crippen LogP contribution in [0.3, 0.4) is 0 Å². The molecular weight excluding hydrogens is 270 g/mol. The number of hydrogen-bond acceptors (Lipinski definition) is 2. The molecule has 4 heteroatoms. The normalized spacial score (nSPS) is 15.6. The number of carbonyl (C=O) groups excluding carboxylic acids is 1. The van der Waals surface area contributed by atoms with Crippen LogP contribution in [0.5, 0.6) is 5.75 Å². The molecule has 2 N–H and O–H groups in total. The van der Waals surface area contributed by atoms with E-state index < -0.39 is 0 Å². The molecule has 1 aliphatic rings. The molecule has 0 heterocycles. The molecule has 1 aromatic carbocycles. The van der Waals surface area contributed by atoms with Gasteiger partial charge in [-0.25, -0.2) is 0 Å². The average molecular weight is 284 g/mol. The molecule has 3 nitrogen and oxygen atoms in total. The van der Waals surface area contributed by atoms with Gasteiger partial charge < -0.3 is 10.4 Å². The number of phenolic OH excluding ortho intramolecular Hbond substituents is 1. The lowest BCUT2D eigenvalue weighted by molar-refractivity contribution is 0.0938. The summed E-state index contributed by atoms with van der Waals surface area (Å²) < 4.78 is 0.600. The summed E-state index contributed by atoms with van der Waals surface area (Å²) in [6.45, 7) is 0.746. The number of phenols is 1. The summed E-state index contributed by atoms with van der Waals surface area (Å²) in [5.74, 6) is 0.624. The van der Waals surface area contributed by atoms with Gasteiger partial charge in [0.2, 0.25) is 0 Å². The van der Waals surface area contributed by atoms with Crippen LogP contribution in [0.25, 0.3) is 0 Å². The molecule has 0 aliphatic heterocycles. The van der Waals surface area contributed by atoms with Crippen LogP contribution in [0.4, 0.5) is 0 Å². The van der Waals surface area contributed by atoms with Crippen molar-refractivity contribution < 1.29 is 9.90 Å². The number of halogens is 1. The zero-order valence-corrected chi connectivity index (χ0v) is 10.5. The number of carbonyl (C=O) groups is 1. The van der Waals surface area contributed by atoms with Gasteiger partial charge in [0.15, 0.2) is 0 Å². The van der Waals surface area contributed by atoms with Gasteiger partial charge in [0.05, 0.1) is 4.47 Å². The minimum atomic E-state index is -0.116. The fourth-order valence-corrected chi connectivity index (χ4v) is 1.94. The van der Waals surface area contributed by atoms with Gasteiger partial charge in [-0.05, 0) is 52.9 Å². The Kier molecular flexibility index (Phi) is 3.49. The van der Waals surface area contributed by atoms with Crippen molar-refractivity contribution in [2.45, 2.75) is 19.3 Å². The van der Waals surface area contributed by atoms with Crippen molar-refractivity contribution in [2.24, 2.45) is 5.92 Å². The third-order valence-corrected chi connectivity index (χ3v) is 3.65. The first-order chi connectivity index (χ1) is 7.66. The largest absolute Gasteiger partial charge is 0.507 e. The van der Waals surface area contributed by atoms with E-state index in [4.69, 9.17) is 0 Å². The fraction of sp³-hybridized carbons (Fsp3) is 0.417. The predicted octanol–water partition coefficient (Wildman–Crippen LogP) is 2.68. The number of benzene rings is 1. The van der Waals surface area contributed by atoms with E-state index >= 15 is 0 Å². The molecule has 1 aromatic rings. The minimum absolute atomic E-state index is 0.0938. The van der Waals surface area contributed by atoms with Crippen LogP contribution in [0.2, 0.25) is 0 Å². The van der Waals surface area contributed by atoms with Gasteiger partial charge in [0.1, 0.15) is 5.75 Å². The zero-order chi connectivity index (χ0) is 11.5. The van der Waals surface area contributed by atoms with Crippen LogP contribution in [-0.4, -0.2) is 17.6 Å². The van der Waals surface area contributed by atoms with Gasteiger partial charge in [0.25, 0.3) is 5.91 Å². The second kappa shape index (κ2) is 4.87. The van der Waals surface area contributed by atoms with E-state index in [-0.39, 0.29) is 11.7 Å². The van der Waals surface area contributed by atoms with Crippen LogP contribution in [0.1, 0.15) is 29.6 Å². The van der Waals surface area contributed by atoms with Crippen molar-refractivity contribution in [1.29, 1.82) is 0 Å². The molecule has 0 saturated heterocycles. The van der Waals surface area contributed by atoms with Crippen LogP contribution < -0.4 is 5.32 Å². The quantitative estimate of drug-likeness (QED) is 0.896. The van der Waals surface area contributed by atoms with Crippen molar-refractivity contribution in [3.63, 3.8) is 0 Å². The van der Waals surface area contributed by atoms with Gasteiger partial charge in [0, 0.05) is 12.1 Å². The summed E-state index contributed by atoms with van der Waals surface area (Å²) in [5, 5.41) is 12.3. The van der Waals surface area contributed by atoms with E-state index in [1.54, 1.807) is 12.1 Å². The SMILES string of the molecule is O=C(NCC1CCC1)c1ccc(Br)c(O)c1. The Hall–Kier alpha value is -1.03. The maximum Gasteiger partial charge on any atom is 0.251 e. The van der Waals surface area contributed by atoms with Crippen molar-refractivity contribution >= 4 is 21.8 Å². The van der Waals surface area contributed by atoms with Gasteiger partial charge in [-0.2, -0.15) is 0 Å². The Bertz CT molecular complexity index is 402. The van der Waals surface area contributed by atoms with Crippen LogP contribution >= 0.6 is 15.9 Å². The monoisotopic (exact) mass is 283 g/mol. The van der Waals surface area contributed by atoms with Crippen LogP contribution in [0.15, 0.2) is 22.7 Å².